The third-order valence-electron chi connectivity index (χ3n) is 3.38. The van der Waals surface area contributed by atoms with E-state index in [0.29, 0.717) is 0 Å². The van der Waals surface area contributed by atoms with Crippen molar-refractivity contribution in [2.24, 2.45) is 5.92 Å². The fraction of sp³-hybridized carbons (Fsp3) is 0.429. The summed E-state index contributed by atoms with van der Waals surface area (Å²) in [6.45, 7) is 3.98. The van der Waals surface area contributed by atoms with Crippen LogP contribution in [-0.2, 0) is 6.54 Å². The molecule has 1 heterocycles. The molecule has 1 aliphatic carbocycles. The van der Waals surface area contributed by atoms with E-state index in [9.17, 15) is 0 Å². The van der Waals surface area contributed by atoms with Crippen molar-refractivity contribution in [3.63, 3.8) is 0 Å². The van der Waals surface area contributed by atoms with Gasteiger partial charge in [0.15, 0.2) is 0 Å². The maximum atomic E-state index is 4.21. The number of halogens is 1. The quantitative estimate of drug-likeness (QED) is 0.921. The number of nitrogens with zero attached hydrogens (tertiary/aromatic N) is 3. The molecule has 0 amide bonds. The van der Waals surface area contributed by atoms with Gasteiger partial charge in [0.25, 0.3) is 0 Å². The van der Waals surface area contributed by atoms with Crippen LogP contribution in [-0.4, -0.2) is 21.5 Å². The lowest BCUT2D eigenvalue weighted by Crippen LogP contribution is -2.16. The van der Waals surface area contributed by atoms with Crippen molar-refractivity contribution in [1.29, 1.82) is 0 Å². The average molecular weight is 321 g/mol. The number of aromatic nitrogens is 3. The van der Waals surface area contributed by atoms with E-state index in [1.165, 1.54) is 18.4 Å². The van der Waals surface area contributed by atoms with Gasteiger partial charge in [0.1, 0.15) is 0 Å². The Balaban J connectivity index is 1.68. The van der Waals surface area contributed by atoms with Crippen LogP contribution in [0.2, 0.25) is 0 Å². The van der Waals surface area contributed by atoms with Crippen LogP contribution < -0.4 is 5.32 Å². The molecule has 4 nitrogen and oxygen atoms in total. The SMILES string of the molecule is Cc1cc(Br)ccc1-n1cc(CNCC2CC2)nn1. The van der Waals surface area contributed by atoms with E-state index in [1.54, 1.807) is 0 Å². The molecule has 19 heavy (non-hydrogen) atoms. The lowest BCUT2D eigenvalue weighted by molar-refractivity contribution is 0.628. The highest BCUT2D eigenvalue weighted by Crippen LogP contribution is 2.27. The van der Waals surface area contributed by atoms with Gasteiger partial charge in [-0.1, -0.05) is 21.1 Å². The first-order valence-corrected chi connectivity index (χ1v) is 7.40. The largest absolute Gasteiger partial charge is 0.311 e. The van der Waals surface area contributed by atoms with E-state index in [1.807, 2.05) is 16.9 Å². The Kier molecular flexibility index (Phi) is 3.66. The molecule has 1 aromatic heterocycles. The smallest absolute Gasteiger partial charge is 0.0969 e. The average Bonchev–Trinajstić information content (AvgIpc) is 3.07. The van der Waals surface area contributed by atoms with Crippen LogP contribution in [0.15, 0.2) is 28.9 Å². The Labute approximate surface area is 121 Å². The van der Waals surface area contributed by atoms with Gasteiger partial charge in [0.2, 0.25) is 0 Å². The molecular formula is C14H17BrN4. The maximum absolute atomic E-state index is 4.21. The number of rotatable bonds is 5. The molecule has 1 saturated carbocycles. The minimum Gasteiger partial charge on any atom is -0.311 e. The summed E-state index contributed by atoms with van der Waals surface area (Å²) in [4.78, 5) is 0. The normalized spacial score (nSPS) is 14.8. The van der Waals surface area contributed by atoms with Crippen molar-refractivity contribution < 1.29 is 0 Å². The fourth-order valence-corrected chi connectivity index (χ4v) is 2.57. The first-order chi connectivity index (χ1) is 9.22. The van der Waals surface area contributed by atoms with Gasteiger partial charge in [-0.25, -0.2) is 4.68 Å². The zero-order valence-corrected chi connectivity index (χ0v) is 12.5. The molecule has 1 aromatic carbocycles. The van der Waals surface area contributed by atoms with E-state index < -0.39 is 0 Å². The Hall–Kier alpha value is -1.20. The van der Waals surface area contributed by atoms with Gasteiger partial charge in [0.05, 0.1) is 17.6 Å². The number of benzene rings is 1. The molecule has 0 unspecified atom stereocenters. The highest BCUT2D eigenvalue weighted by molar-refractivity contribution is 9.10. The minimum absolute atomic E-state index is 0.798. The predicted octanol–water partition coefficient (Wildman–Crippen LogP) is 2.84. The molecule has 3 rings (SSSR count). The van der Waals surface area contributed by atoms with Crippen LogP contribution in [0.4, 0.5) is 0 Å². The lowest BCUT2D eigenvalue weighted by Gasteiger charge is -2.04. The summed E-state index contributed by atoms with van der Waals surface area (Å²) < 4.78 is 2.93. The Bertz CT molecular complexity index is 575. The zero-order chi connectivity index (χ0) is 13.2. The number of hydrogen-bond acceptors (Lipinski definition) is 3. The van der Waals surface area contributed by atoms with Crippen molar-refractivity contribution >= 4 is 15.9 Å². The van der Waals surface area contributed by atoms with E-state index >= 15 is 0 Å². The number of hydrogen-bond donors (Lipinski definition) is 1. The first-order valence-electron chi connectivity index (χ1n) is 6.61. The predicted molar refractivity (Wildman–Crippen MR) is 78.2 cm³/mol. The summed E-state index contributed by atoms with van der Waals surface area (Å²) in [5, 5.41) is 11.8. The van der Waals surface area contributed by atoms with Crippen LogP contribution >= 0.6 is 15.9 Å². The van der Waals surface area contributed by atoms with Gasteiger partial charge in [-0.2, -0.15) is 0 Å². The van der Waals surface area contributed by atoms with Gasteiger partial charge >= 0.3 is 0 Å². The molecular weight excluding hydrogens is 304 g/mol. The Morgan fingerprint density at radius 3 is 3.00 bits per heavy atom. The van der Waals surface area contributed by atoms with Crippen LogP contribution in [0, 0.1) is 12.8 Å². The highest BCUT2D eigenvalue weighted by Gasteiger charge is 2.20. The van der Waals surface area contributed by atoms with Crippen LogP contribution in [0.5, 0.6) is 0 Å². The molecule has 5 heteroatoms. The van der Waals surface area contributed by atoms with Crippen molar-refractivity contribution in [3.05, 3.63) is 40.1 Å². The van der Waals surface area contributed by atoms with E-state index in [2.05, 4.69) is 50.6 Å². The van der Waals surface area contributed by atoms with Crippen molar-refractivity contribution in [2.45, 2.75) is 26.3 Å². The fourth-order valence-electron chi connectivity index (χ4n) is 2.10. The molecule has 0 bridgehead atoms. The van der Waals surface area contributed by atoms with Crippen molar-refractivity contribution in [2.75, 3.05) is 6.54 Å². The first kappa shape index (κ1) is 12.8. The van der Waals surface area contributed by atoms with Crippen molar-refractivity contribution in [1.82, 2.24) is 20.3 Å². The molecule has 100 valence electrons. The summed E-state index contributed by atoms with van der Waals surface area (Å²) >= 11 is 3.47. The Morgan fingerprint density at radius 2 is 2.26 bits per heavy atom. The zero-order valence-electron chi connectivity index (χ0n) is 10.9. The molecule has 0 spiro atoms. The summed E-state index contributed by atoms with van der Waals surface area (Å²) in [7, 11) is 0. The topological polar surface area (TPSA) is 42.7 Å². The molecule has 1 aliphatic rings. The Morgan fingerprint density at radius 1 is 1.42 bits per heavy atom. The van der Waals surface area contributed by atoms with Gasteiger partial charge < -0.3 is 5.32 Å². The lowest BCUT2D eigenvalue weighted by atomic mass is 10.2. The molecule has 0 radical (unpaired) electrons. The highest BCUT2D eigenvalue weighted by atomic mass is 79.9. The molecule has 1 N–H and O–H groups in total. The number of nitrogens with one attached hydrogen (secondary N) is 1. The molecule has 1 fully saturated rings. The van der Waals surface area contributed by atoms with Crippen LogP contribution in [0.25, 0.3) is 5.69 Å². The maximum Gasteiger partial charge on any atom is 0.0969 e. The third kappa shape index (κ3) is 3.22. The standard InChI is InChI=1S/C14H17BrN4/c1-10-6-12(15)4-5-14(10)19-9-13(17-18-19)8-16-7-11-2-3-11/h4-6,9,11,16H,2-3,7-8H2,1H3. The summed E-state index contributed by atoms with van der Waals surface area (Å²) in [5.41, 5.74) is 3.24. The van der Waals surface area contributed by atoms with Gasteiger partial charge in [-0.15, -0.1) is 5.10 Å². The van der Waals surface area contributed by atoms with Crippen LogP contribution in [0.1, 0.15) is 24.1 Å². The van der Waals surface area contributed by atoms with Gasteiger partial charge in [-0.3, -0.25) is 0 Å². The van der Waals surface area contributed by atoms with Crippen molar-refractivity contribution in [3.8, 4) is 5.69 Å². The molecule has 2 aromatic rings. The van der Waals surface area contributed by atoms with E-state index in [0.717, 1.165) is 34.9 Å². The second kappa shape index (κ2) is 5.43. The van der Waals surface area contributed by atoms with Crippen LogP contribution in [0.3, 0.4) is 0 Å². The van der Waals surface area contributed by atoms with Gasteiger partial charge in [0, 0.05) is 11.0 Å². The summed E-state index contributed by atoms with van der Waals surface area (Å²) in [6, 6.07) is 6.16. The molecule has 0 saturated heterocycles. The molecule has 0 atom stereocenters. The minimum atomic E-state index is 0.798. The summed E-state index contributed by atoms with van der Waals surface area (Å²) in [6.07, 6.45) is 4.74. The summed E-state index contributed by atoms with van der Waals surface area (Å²) in [5.74, 6) is 0.892. The van der Waals surface area contributed by atoms with E-state index in [4.69, 9.17) is 0 Å². The second-order valence-electron chi connectivity index (χ2n) is 5.16. The number of aryl methyl sites for hydroxylation is 1. The second-order valence-corrected chi connectivity index (χ2v) is 6.08. The monoisotopic (exact) mass is 320 g/mol. The molecule has 0 aliphatic heterocycles. The third-order valence-corrected chi connectivity index (χ3v) is 3.88. The van der Waals surface area contributed by atoms with Gasteiger partial charge in [-0.05, 0) is 56.0 Å². The van der Waals surface area contributed by atoms with E-state index in [-0.39, 0.29) is 0 Å².